The van der Waals surface area contributed by atoms with Gasteiger partial charge in [0.1, 0.15) is 5.82 Å². The molecule has 0 aliphatic heterocycles. The summed E-state index contributed by atoms with van der Waals surface area (Å²) in [6, 6.07) is 7.66. The molecule has 0 saturated heterocycles. The Morgan fingerprint density at radius 3 is 2.67 bits per heavy atom. The van der Waals surface area contributed by atoms with Crippen LogP contribution >= 0.6 is 0 Å². The lowest BCUT2D eigenvalue weighted by molar-refractivity contribution is 0.0553. The van der Waals surface area contributed by atoms with Gasteiger partial charge in [0.15, 0.2) is 0 Å². The van der Waals surface area contributed by atoms with Crippen molar-refractivity contribution >= 4 is 0 Å². The molecule has 2 nitrogen and oxygen atoms in total. The van der Waals surface area contributed by atoms with Gasteiger partial charge >= 0.3 is 0 Å². The predicted octanol–water partition coefficient (Wildman–Crippen LogP) is 3.22. The number of benzene rings is 1. The van der Waals surface area contributed by atoms with E-state index in [2.05, 4.69) is 4.90 Å². The standard InChI is InChI=1S/C15H22FNO/c1-12(2)18-10-9-17(14-7-8-14)11-13-5-3-4-6-15(13)16/h3-6,12,14H,7-11H2,1-2H3. The molecule has 0 radical (unpaired) electrons. The molecule has 1 saturated carbocycles. The first-order valence-electron chi connectivity index (χ1n) is 6.76. The number of nitrogens with zero attached hydrogens (tertiary/aromatic N) is 1. The normalized spacial score (nSPS) is 15.6. The molecule has 2 rings (SSSR count). The maximum absolute atomic E-state index is 13.6. The second-order valence-corrected chi connectivity index (χ2v) is 5.21. The molecule has 1 aromatic carbocycles. The molecule has 100 valence electrons. The van der Waals surface area contributed by atoms with E-state index < -0.39 is 0 Å². The molecule has 0 aromatic heterocycles. The van der Waals surface area contributed by atoms with Crippen LogP contribution in [0.2, 0.25) is 0 Å². The molecule has 18 heavy (non-hydrogen) atoms. The van der Waals surface area contributed by atoms with Crippen molar-refractivity contribution in [1.82, 2.24) is 4.90 Å². The molecule has 0 heterocycles. The summed E-state index contributed by atoms with van der Waals surface area (Å²) in [5, 5.41) is 0. The fraction of sp³-hybridized carbons (Fsp3) is 0.600. The number of hydrogen-bond acceptors (Lipinski definition) is 2. The van der Waals surface area contributed by atoms with Crippen LogP contribution < -0.4 is 0 Å². The zero-order valence-electron chi connectivity index (χ0n) is 11.2. The topological polar surface area (TPSA) is 12.5 Å². The van der Waals surface area contributed by atoms with Crippen LogP contribution in [0.1, 0.15) is 32.3 Å². The third-order valence-corrected chi connectivity index (χ3v) is 3.22. The molecule has 1 aliphatic carbocycles. The Hall–Kier alpha value is -0.930. The van der Waals surface area contributed by atoms with Crippen molar-refractivity contribution < 1.29 is 9.13 Å². The summed E-state index contributed by atoms with van der Waals surface area (Å²) in [4.78, 5) is 2.33. The average Bonchev–Trinajstić information content (AvgIpc) is 3.14. The minimum Gasteiger partial charge on any atom is -0.377 e. The van der Waals surface area contributed by atoms with E-state index in [-0.39, 0.29) is 11.9 Å². The number of ether oxygens (including phenoxy) is 1. The summed E-state index contributed by atoms with van der Waals surface area (Å²) >= 11 is 0. The highest BCUT2D eigenvalue weighted by molar-refractivity contribution is 5.17. The van der Waals surface area contributed by atoms with E-state index in [9.17, 15) is 4.39 Å². The first-order valence-corrected chi connectivity index (χ1v) is 6.76. The fourth-order valence-corrected chi connectivity index (χ4v) is 2.08. The second kappa shape index (κ2) is 6.30. The quantitative estimate of drug-likeness (QED) is 0.738. The van der Waals surface area contributed by atoms with Crippen LogP contribution in [-0.2, 0) is 11.3 Å². The van der Waals surface area contributed by atoms with Crippen molar-refractivity contribution in [3.8, 4) is 0 Å². The molecule has 0 unspecified atom stereocenters. The molecule has 0 N–H and O–H groups in total. The molecular weight excluding hydrogens is 229 g/mol. The van der Waals surface area contributed by atoms with Crippen molar-refractivity contribution in [3.63, 3.8) is 0 Å². The Morgan fingerprint density at radius 1 is 1.33 bits per heavy atom. The molecule has 0 bridgehead atoms. The van der Waals surface area contributed by atoms with Crippen molar-refractivity contribution in [2.75, 3.05) is 13.2 Å². The van der Waals surface area contributed by atoms with Gasteiger partial charge in [0.25, 0.3) is 0 Å². The third kappa shape index (κ3) is 4.07. The van der Waals surface area contributed by atoms with E-state index in [1.165, 1.54) is 18.9 Å². The Balaban J connectivity index is 1.88. The first-order chi connectivity index (χ1) is 8.66. The molecule has 0 atom stereocenters. The van der Waals surface area contributed by atoms with Crippen molar-refractivity contribution in [2.24, 2.45) is 0 Å². The SMILES string of the molecule is CC(C)OCCN(Cc1ccccc1F)C1CC1. The summed E-state index contributed by atoms with van der Waals surface area (Å²) in [6.07, 6.45) is 2.73. The zero-order chi connectivity index (χ0) is 13.0. The Morgan fingerprint density at radius 2 is 2.06 bits per heavy atom. The van der Waals surface area contributed by atoms with Crippen molar-refractivity contribution in [3.05, 3.63) is 35.6 Å². The van der Waals surface area contributed by atoms with Crippen molar-refractivity contribution in [2.45, 2.75) is 45.4 Å². The minimum absolute atomic E-state index is 0.104. The van der Waals surface area contributed by atoms with Gasteiger partial charge in [0, 0.05) is 24.7 Å². The van der Waals surface area contributed by atoms with Crippen LogP contribution in [0.25, 0.3) is 0 Å². The van der Waals surface area contributed by atoms with Gasteiger partial charge in [-0.05, 0) is 32.8 Å². The second-order valence-electron chi connectivity index (χ2n) is 5.21. The molecule has 0 spiro atoms. The zero-order valence-corrected chi connectivity index (χ0v) is 11.2. The van der Waals surface area contributed by atoms with Crippen LogP contribution in [0, 0.1) is 5.82 Å². The smallest absolute Gasteiger partial charge is 0.127 e. The van der Waals surface area contributed by atoms with E-state index in [1.54, 1.807) is 6.07 Å². The minimum atomic E-state index is -0.104. The highest BCUT2D eigenvalue weighted by Crippen LogP contribution is 2.28. The lowest BCUT2D eigenvalue weighted by atomic mass is 10.2. The van der Waals surface area contributed by atoms with Gasteiger partial charge in [-0.3, -0.25) is 4.90 Å². The van der Waals surface area contributed by atoms with Crippen molar-refractivity contribution in [1.29, 1.82) is 0 Å². The van der Waals surface area contributed by atoms with Gasteiger partial charge in [-0.25, -0.2) is 4.39 Å². The third-order valence-electron chi connectivity index (χ3n) is 3.22. The van der Waals surface area contributed by atoms with Crippen LogP contribution in [0.3, 0.4) is 0 Å². The summed E-state index contributed by atoms with van der Waals surface area (Å²) in [5.41, 5.74) is 0.786. The van der Waals surface area contributed by atoms with Crippen LogP contribution in [0.5, 0.6) is 0 Å². The summed E-state index contributed by atoms with van der Waals surface area (Å²) in [5.74, 6) is -0.104. The molecule has 3 heteroatoms. The van der Waals surface area contributed by atoms with Gasteiger partial charge in [0.2, 0.25) is 0 Å². The number of rotatable bonds is 7. The molecular formula is C15H22FNO. The monoisotopic (exact) mass is 251 g/mol. The van der Waals surface area contributed by atoms with Gasteiger partial charge in [-0.1, -0.05) is 18.2 Å². The van der Waals surface area contributed by atoms with Gasteiger partial charge < -0.3 is 4.74 Å². The molecule has 0 amide bonds. The van der Waals surface area contributed by atoms with Gasteiger partial charge in [0.05, 0.1) is 12.7 Å². The van der Waals surface area contributed by atoms with E-state index >= 15 is 0 Å². The largest absolute Gasteiger partial charge is 0.377 e. The molecule has 1 aromatic rings. The molecule has 1 aliphatic rings. The Kier molecular flexibility index (Phi) is 4.72. The highest BCUT2D eigenvalue weighted by Gasteiger charge is 2.29. The average molecular weight is 251 g/mol. The fourth-order valence-electron chi connectivity index (χ4n) is 2.08. The van der Waals surface area contributed by atoms with Crippen LogP contribution in [0.15, 0.2) is 24.3 Å². The Bertz CT molecular complexity index is 377. The molecule has 1 fully saturated rings. The van der Waals surface area contributed by atoms with E-state index in [0.29, 0.717) is 12.6 Å². The number of hydrogen-bond donors (Lipinski definition) is 0. The first kappa shape index (κ1) is 13.5. The van der Waals surface area contributed by atoms with Gasteiger partial charge in [-0.2, -0.15) is 0 Å². The van der Waals surface area contributed by atoms with E-state index in [1.807, 2.05) is 26.0 Å². The number of halogens is 1. The van der Waals surface area contributed by atoms with E-state index in [0.717, 1.165) is 18.7 Å². The van der Waals surface area contributed by atoms with Crippen LogP contribution in [0.4, 0.5) is 4.39 Å². The van der Waals surface area contributed by atoms with Crippen LogP contribution in [-0.4, -0.2) is 30.2 Å². The predicted molar refractivity (Wildman–Crippen MR) is 70.9 cm³/mol. The highest BCUT2D eigenvalue weighted by atomic mass is 19.1. The summed E-state index contributed by atoms with van der Waals surface area (Å²) in [7, 11) is 0. The summed E-state index contributed by atoms with van der Waals surface area (Å²) < 4.78 is 19.2. The lowest BCUT2D eigenvalue weighted by Gasteiger charge is -2.22. The maximum atomic E-state index is 13.6. The summed E-state index contributed by atoms with van der Waals surface area (Å²) in [6.45, 7) is 6.38. The van der Waals surface area contributed by atoms with Gasteiger partial charge in [-0.15, -0.1) is 0 Å². The maximum Gasteiger partial charge on any atom is 0.127 e. The Labute approximate surface area is 109 Å². The lowest BCUT2D eigenvalue weighted by Crippen LogP contribution is -2.30. The van der Waals surface area contributed by atoms with E-state index in [4.69, 9.17) is 4.74 Å².